The molecular formula is C12H13O4. The van der Waals surface area contributed by atoms with Gasteiger partial charge in [-0.25, -0.2) is 0 Å². The van der Waals surface area contributed by atoms with Crippen LogP contribution in [0.2, 0.25) is 0 Å². The van der Waals surface area contributed by atoms with Gasteiger partial charge < -0.3 is 10.2 Å². The van der Waals surface area contributed by atoms with E-state index in [-0.39, 0.29) is 12.0 Å². The lowest BCUT2D eigenvalue weighted by atomic mass is 9.77. The van der Waals surface area contributed by atoms with Crippen molar-refractivity contribution >= 4 is 11.9 Å². The lowest BCUT2D eigenvalue weighted by molar-refractivity contribution is -0.158. The van der Waals surface area contributed by atoms with Crippen LogP contribution in [0.3, 0.4) is 0 Å². The van der Waals surface area contributed by atoms with E-state index in [9.17, 15) is 19.8 Å². The fraction of sp³-hybridized carbons (Fsp3) is 0.333. The molecule has 2 N–H and O–H groups in total. The summed E-state index contributed by atoms with van der Waals surface area (Å²) in [5.41, 5.74) is -1.69. The van der Waals surface area contributed by atoms with Crippen LogP contribution in [-0.4, -0.2) is 22.2 Å². The van der Waals surface area contributed by atoms with Gasteiger partial charge in [0.25, 0.3) is 0 Å². The number of carboxylic acid groups (broad SMARTS) is 2. The SMILES string of the molecule is CCCC(C(=O)O)(C(=O)O)c1[c]cccc1. The van der Waals surface area contributed by atoms with Crippen LogP contribution in [0.1, 0.15) is 25.3 Å². The minimum Gasteiger partial charge on any atom is -0.480 e. The maximum absolute atomic E-state index is 11.3. The summed E-state index contributed by atoms with van der Waals surface area (Å²) < 4.78 is 0. The van der Waals surface area contributed by atoms with Crippen molar-refractivity contribution < 1.29 is 19.8 Å². The lowest BCUT2D eigenvalue weighted by Gasteiger charge is -2.24. The molecule has 0 fully saturated rings. The third-order valence-corrected chi connectivity index (χ3v) is 2.52. The molecule has 0 bridgehead atoms. The summed E-state index contributed by atoms with van der Waals surface area (Å²) in [5.74, 6) is -2.69. The second kappa shape index (κ2) is 4.79. The highest BCUT2D eigenvalue weighted by molar-refractivity contribution is 6.04. The zero-order valence-corrected chi connectivity index (χ0v) is 8.93. The van der Waals surface area contributed by atoms with E-state index in [0.717, 1.165) is 0 Å². The van der Waals surface area contributed by atoms with E-state index in [0.29, 0.717) is 6.42 Å². The number of benzene rings is 1. The highest BCUT2D eigenvalue weighted by atomic mass is 16.4. The Bertz CT molecular complexity index is 369. The molecule has 4 nitrogen and oxygen atoms in total. The van der Waals surface area contributed by atoms with Crippen molar-refractivity contribution in [3.05, 3.63) is 35.9 Å². The van der Waals surface area contributed by atoms with E-state index in [2.05, 4.69) is 6.07 Å². The molecule has 0 aliphatic heterocycles. The number of aliphatic carboxylic acids is 2. The van der Waals surface area contributed by atoms with Crippen LogP contribution < -0.4 is 0 Å². The number of carbonyl (C=O) groups is 2. The lowest BCUT2D eigenvalue weighted by Crippen LogP contribution is -2.43. The van der Waals surface area contributed by atoms with Gasteiger partial charge >= 0.3 is 11.9 Å². The summed E-state index contributed by atoms with van der Waals surface area (Å²) in [6, 6.07) is 8.98. The van der Waals surface area contributed by atoms with Crippen molar-refractivity contribution in [3.8, 4) is 0 Å². The molecule has 16 heavy (non-hydrogen) atoms. The Kier molecular flexibility index (Phi) is 3.66. The molecule has 1 aromatic rings. The van der Waals surface area contributed by atoms with E-state index in [1.165, 1.54) is 12.1 Å². The molecule has 0 unspecified atom stereocenters. The molecule has 0 saturated carbocycles. The molecule has 0 heterocycles. The molecule has 0 spiro atoms. The summed E-state index contributed by atoms with van der Waals surface area (Å²) in [4.78, 5) is 22.5. The molecule has 1 rings (SSSR count). The molecule has 0 aromatic heterocycles. The highest BCUT2D eigenvalue weighted by Crippen LogP contribution is 2.30. The summed E-state index contributed by atoms with van der Waals surface area (Å²) in [5, 5.41) is 18.4. The van der Waals surface area contributed by atoms with Gasteiger partial charge in [0, 0.05) is 0 Å². The Morgan fingerprint density at radius 3 is 2.31 bits per heavy atom. The minimum absolute atomic E-state index is 0.0537. The van der Waals surface area contributed by atoms with Crippen LogP contribution in [0.5, 0.6) is 0 Å². The minimum atomic E-state index is -1.88. The highest BCUT2D eigenvalue weighted by Gasteiger charge is 2.47. The van der Waals surface area contributed by atoms with Gasteiger partial charge in [0.2, 0.25) is 0 Å². The molecule has 4 heteroatoms. The largest absolute Gasteiger partial charge is 0.480 e. The van der Waals surface area contributed by atoms with E-state index >= 15 is 0 Å². The van der Waals surface area contributed by atoms with Crippen LogP contribution in [-0.2, 0) is 15.0 Å². The van der Waals surface area contributed by atoms with Crippen LogP contribution in [0.15, 0.2) is 24.3 Å². The summed E-state index contributed by atoms with van der Waals surface area (Å²) in [6.07, 6.45) is 0.527. The predicted molar refractivity (Wildman–Crippen MR) is 57.1 cm³/mol. The van der Waals surface area contributed by atoms with Crippen molar-refractivity contribution in [2.75, 3.05) is 0 Å². The Balaban J connectivity index is 3.33. The molecule has 1 aromatic carbocycles. The molecular weight excluding hydrogens is 208 g/mol. The van der Waals surface area contributed by atoms with Gasteiger partial charge in [0.1, 0.15) is 0 Å². The van der Waals surface area contributed by atoms with Gasteiger partial charge in [0.05, 0.1) is 0 Å². The van der Waals surface area contributed by atoms with E-state index in [1.54, 1.807) is 19.1 Å². The van der Waals surface area contributed by atoms with E-state index in [1.807, 2.05) is 0 Å². The monoisotopic (exact) mass is 221 g/mol. The van der Waals surface area contributed by atoms with Crippen LogP contribution in [0.4, 0.5) is 0 Å². The fourth-order valence-corrected chi connectivity index (χ4v) is 1.70. The molecule has 0 amide bonds. The summed E-state index contributed by atoms with van der Waals surface area (Å²) in [7, 11) is 0. The van der Waals surface area contributed by atoms with E-state index in [4.69, 9.17) is 0 Å². The van der Waals surface area contributed by atoms with Crippen molar-refractivity contribution in [3.63, 3.8) is 0 Å². The molecule has 0 aliphatic carbocycles. The van der Waals surface area contributed by atoms with Crippen LogP contribution in [0, 0.1) is 6.07 Å². The van der Waals surface area contributed by atoms with Crippen molar-refractivity contribution in [2.45, 2.75) is 25.2 Å². The number of hydrogen-bond donors (Lipinski definition) is 2. The molecule has 85 valence electrons. The van der Waals surface area contributed by atoms with Gasteiger partial charge in [-0.2, -0.15) is 0 Å². The maximum Gasteiger partial charge on any atom is 0.325 e. The first-order valence-electron chi connectivity index (χ1n) is 4.99. The molecule has 0 aliphatic rings. The van der Waals surface area contributed by atoms with Crippen molar-refractivity contribution in [2.24, 2.45) is 0 Å². The maximum atomic E-state index is 11.3. The number of hydrogen-bond acceptors (Lipinski definition) is 2. The normalized spacial score (nSPS) is 11.1. The second-order valence-electron chi connectivity index (χ2n) is 3.54. The average molecular weight is 221 g/mol. The third kappa shape index (κ3) is 1.91. The first kappa shape index (κ1) is 12.2. The average Bonchev–Trinajstić information content (AvgIpc) is 2.26. The smallest absolute Gasteiger partial charge is 0.325 e. The van der Waals surface area contributed by atoms with Gasteiger partial charge in [-0.05, 0) is 18.1 Å². The van der Waals surface area contributed by atoms with E-state index < -0.39 is 17.4 Å². The van der Waals surface area contributed by atoms with Crippen LogP contribution >= 0.6 is 0 Å². The second-order valence-corrected chi connectivity index (χ2v) is 3.54. The van der Waals surface area contributed by atoms with Crippen molar-refractivity contribution in [1.29, 1.82) is 0 Å². The quantitative estimate of drug-likeness (QED) is 0.742. The number of rotatable bonds is 5. The van der Waals surface area contributed by atoms with Crippen LogP contribution in [0.25, 0.3) is 0 Å². The zero-order valence-electron chi connectivity index (χ0n) is 8.93. The standard InChI is InChI=1S/C12H13O4/c1-2-8-12(10(13)14,11(15)16)9-6-4-3-5-7-9/h3-6H,2,8H2,1H3,(H,13,14)(H,15,16). The fourth-order valence-electron chi connectivity index (χ4n) is 1.70. The predicted octanol–water partition coefficient (Wildman–Crippen LogP) is 1.69. The molecule has 0 atom stereocenters. The summed E-state index contributed by atoms with van der Waals surface area (Å²) in [6.45, 7) is 1.75. The molecule has 0 saturated heterocycles. The molecule has 1 radical (unpaired) electrons. The van der Waals surface area contributed by atoms with Crippen molar-refractivity contribution in [1.82, 2.24) is 0 Å². The van der Waals surface area contributed by atoms with Gasteiger partial charge in [0.15, 0.2) is 5.41 Å². The topological polar surface area (TPSA) is 74.6 Å². The Hall–Kier alpha value is -1.84. The Labute approximate surface area is 93.5 Å². The first-order chi connectivity index (χ1) is 7.55. The van der Waals surface area contributed by atoms with Gasteiger partial charge in [-0.3, -0.25) is 9.59 Å². The number of carboxylic acids is 2. The zero-order chi connectivity index (χ0) is 12.2. The Morgan fingerprint density at radius 2 is 1.94 bits per heavy atom. The summed E-state index contributed by atoms with van der Waals surface area (Å²) >= 11 is 0. The van der Waals surface area contributed by atoms with Gasteiger partial charge in [-0.15, -0.1) is 0 Å². The first-order valence-corrected chi connectivity index (χ1v) is 4.99. The van der Waals surface area contributed by atoms with Gasteiger partial charge in [-0.1, -0.05) is 37.6 Å². The Morgan fingerprint density at radius 1 is 1.31 bits per heavy atom. The third-order valence-electron chi connectivity index (χ3n) is 2.52.